The van der Waals surface area contributed by atoms with E-state index < -0.39 is 12.8 Å². The van der Waals surface area contributed by atoms with Crippen LogP contribution in [0.2, 0.25) is 15.7 Å². The summed E-state index contributed by atoms with van der Waals surface area (Å²) in [5, 5.41) is 8.92. The van der Waals surface area contributed by atoms with Gasteiger partial charge in [0.15, 0.2) is 0 Å². The van der Waals surface area contributed by atoms with Crippen molar-refractivity contribution >= 4 is 47.3 Å². The molecule has 0 radical (unpaired) electrons. The summed E-state index contributed by atoms with van der Waals surface area (Å²) < 4.78 is 3.11. The Hall–Kier alpha value is -0.249. The summed E-state index contributed by atoms with van der Waals surface area (Å²) in [6.45, 7) is 0. The molecule has 1 nitrogen and oxygen atoms in total. The molecule has 0 unspecified atom stereocenters. The number of hydrogen-bond donors (Lipinski definition) is 1. The second-order valence-corrected chi connectivity index (χ2v) is 35.8. The number of fused-ring (bicyclic) bond motifs is 1. The second-order valence-electron chi connectivity index (χ2n) is 8.13. The molecule has 1 aromatic carbocycles. The Balaban J connectivity index is 0.00000110. The van der Waals surface area contributed by atoms with Crippen LogP contribution >= 0.6 is 24.8 Å². The first-order valence-corrected chi connectivity index (χ1v) is 17.2. The molecule has 1 heterocycles. The molecule has 1 aromatic heterocycles. The number of hydrogen-bond acceptors (Lipinski definition) is 0. The fourth-order valence-electron chi connectivity index (χ4n) is 3.04. The van der Waals surface area contributed by atoms with Gasteiger partial charge in [0.25, 0.3) is 0 Å². The van der Waals surface area contributed by atoms with Gasteiger partial charge in [0.05, 0.1) is 0 Å². The standard InChI is InChI=1S/C8H6N.C5H5.3CH3.2ClH.H2Si.Ti/c1-2-4-8-7(3-1)5-6-9-8;1-2-4-5-3-1;;;;;;;/h1-5,9H;1-3H,4H2;3*1H3;2*1H;1H2;. The van der Waals surface area contributed by atoms with Gasteiger partial charge in [0.1, 0.15) is 0 Å². The van der Waals surface area contributed by atoms with Crippen LogP contribution in [0.1, 0.15) is 6.42 Å². The molecule has 0 bridgehead atoms. The van der Waals surface area contributed by atoms with Gasteiger partial charge in [-0.3, -0.25) is 0 Å². The number of aromatic nitrogens is 1. The van der Waals surface area contributed by atoms with Crippen LogP contribution in [-0.2, 0) is 12.8 Å². The van der Waals surface area contributed by atoms with Gasteiger partial charge in [-0.05, 0) is 0 Å². The topological polar surface area (TPSA) is 15.8 Å². The molecule has 0 spiro atoms. The molecule has 2 aromatic rings. The maximum atomic E-state index is 3.72. The molecule has 0 aliphatic heterocycles. The molecule has 115 valence electrons. The van der Waals surface area contributed by atoms with E-state index in [1.165, 1.54) is 14.9 Å². The van der Waals surface area contributed by atoms with Crippen molar-refractivity contribution in [2.75, 3.05) is 0 Å². The zero-order valence-electron chi connectivity index (χ0n) is 12.8. The van der Waals surface area contributed by atoms with Crippen molar-refractivity contribution in [2.45, 2.75) is 22.1 Å². The van der Waals surface area contributed by atoms with Gasteiger partial charge in [-0.15, -0.1) is 24.8 Å². The molecule has 1 aliphatic carbocycles. The summed E-state index contributed by atoms with van der Waals surface area (Å²) in [6.07, 6.45) is 7.97. The zero-order valence-corrected chi connectivity index (χ0v) is 17.5. The van der Waals surface area contributed by atoms with Crippen LogP contribution in [0.3, 0.4) is 0 Å². The number of aromatic amines is 1. The van der Waals surface area contributed by atoms with Crippen molar-refractivity contribution in [3.05, 3.63) is 52.4 Å². The molecule has 0 saturated carbocycles. The molecule has 1 aliphatic rings. The van der Waals surface area contributed by atoms with Gasteiger partial charge in [-0.2, -0.15) is 0 Å². The van der Waals surface area contributed by atoms with Gasteiger partial charge in [-0.1, -0.05) is 0 Å². The normalized spacial score (nSPS) is 17.4. The van der Waals surface area contributed by atoms with E-state index in [0.717, 1.165) is 6.42 Å². The summed E-state index contributed by atoms with van der Waals surface area (Å²) in [5.74, 6) is 0. The fraction of sp³-hybridized carbons (Fsp3) is 0.250. The third-order valence-electron chi connectivity index (χ3n) is 4.79. The summed E-state index contributed by atoms with van der Waals surface area (Å²) in [6, 6.07) is 11.0. The molecule has 0 atom stereocenters. The zero-order chi connectivity index (χ0) is 13.8. The first-order chi connectivity index (χ1) is 8.70. The summed E-state index contributed by atoms with van der Waals surface area (Å²) >= 11 is -3.31. The molecule has 5 heteroatoms. The minimum atomic E-state index is -3.31. The van der Waals surface area contributed by atoms with E-state index in [0.29, 0.717) is 0 Å². The van der Waals surface area contributed by atoms with Crippen LogP contribution in [0.5, 0.6) is 0 Å². The molecule has 0 fully saturated rings. The Labute approximate surface area is 139 Å². The van der Waals surface area contributed by atoms with Crippen LogP contribution in [0.25, 0.3) is 10.9 Å². The molecule has 0 saturated heterocycles. The van der Waals surface area contributed by atoms with E-state index in [1.807, 2.05) is 0 Å². The van der Waals surface area contributed by atoms with E-state index >= 15 is 0 Å². The average Bonchev–Trinajstić information content (AvgIpc) is 2.98. The number of H-pyrrole nitrogens is 1. The van der Waals surface area contributed by atoms with Gasteiger partial charge < -0.3 is 0 Å². The van der Waals surface area contributed by atoms with E-state index in [4.69, 9.17) is 0 Å². The van der Waals surface area contributed by atoms with Crippen LogP contribution in [0.4, 0.5) is 0 Å². The van der Waals surface area contributed by atoms with Gasteiger partial charge in [0, 0.05) is 0 Å². The predicted molar refractivity (Wildman–Crippen MR) is 100 cm³/mol. The first kappa shape index (κ1) is 18.8. The Bertz CT molecular complexity index is 792. The third kappa shape index (κ3) is 2.97. The predicted octanol–water partition coefficient (Wildman–Crippen LogP) is 4.40. The van der Waals surface area contributed by atoms with Crippen molar-refractivity contribution in [3.8, 4) is 0 Å². The van der Waals surface area contributed by atoms with Gasteiger partial charge in [-0.25, -0.2) is 0 Å². The van der Waals surface area contributed by atoms with Crippen molar-refractivity contribution in [3.63, 3.8) is 0 Å². The fourth-order valence-corrected chi connectivity index (χ4v) is 10.4. The SMILES string of the molecule is Cl.Cl.[CH3][Ti]([CH3])([CH3])(=[SiH2])([C]1=CC=CC1)[c]1cc2ccccc2[nH]1. The van der Waals surface area contributed by atoms with E-state index in [2.05, 4.69) is 76.9 Å². The van der Waals surface area contributed by atoms with Gasteiger partial charge >= 0.3 is 115 Å². The molecular weight excluding hydrogens is 353 g/mol. The molecule has 1 N–H and O–H groups in total. The van der Waals surface area contributed by atoms with Crippen LogP contribution in [-0.4, -0.2) is 12.6 Å². The number of para-hydroxylation sites is 1. The Morgan fingerprint density at radius 3 is 2.33 bits per heavy atom. The second kappa shape index (κ2) is 5.14. The van der Waals surface area contributed by atoms with Crippen molar-refractivity contribution in [1.82, 2.24) is 4.98 Å². The van der Waals surface area contributed by atoms with Crippen LogP contribution in [0, 0.1) is 0 Å². The number of rotatable bonds is 2. The van der Waals surface area contributed by atoms with E-state index in [9.17, 15) is 0 Å². The van der Waals surface area contributed by atoms with Crippen molar-refractivity contribution < 1.29 is 12.8 Å². The number of benzene rings is 1. The molecule has 21 heavy (non-hydrogen) atoms. The monoisotopic (exact) mass is 376 g/mol. The Kier molecular flexibility index (Phi) is 4.60. The summed E-state index contributed by atoms with van der Waals surface area (Å²) in [4.78, 5) is 3.72. The summed E-state index contributed by atoms with van der Waals surface area (Å²) in [5.41, 5.74) is 1.26. The van der Waals surface area contributed by atoms with Gasteiger partial charge in [0.2, 0.25) is 0 Å². The quantitative estimate of drug-likeness (QED) is 0.747. The van der Waals surface area contributed by atoms with E-state index in [-0.39, 0.29) is 24.8 Å². The summed E-state index contributed by atoms with van der Waals surface area (Å²) in [7, 11) is 2.26. The Morgan fingerprint density at radius 2 is 1.76 bits per heavy atom. The van der Waals surface area contributed by atoms with E-state index in [1.54, 1.807) is 3.88 Å². The number of halogens is 2. The third-order valence-corrected chi connectivity index (χ3v) is 17.0. The number of nitrogens with one attached hydrogen (secondary N) is 1. The average molecular weight is 377 g/mol. The van der Waals surface area contributed by atoms with Crippen molar-refractivity contribution in [1.29, 1.82) is 0 Å². The molecule has 3 rings (SSSR count). The number of allylic oxidation sites excluding steroid dienone is 4. The maximum absolute atomic E-state index is 3.72. The minimum absolute atomic E-state index is 0. The van der Waals surface area contributed by atoms with Crippen LogP contribution < -0.4 is 4.00 Å². The molecule has 0 amide bonds. The first-order valence-electron chi connectivity index (χ1n) is 6.98. The molecular formula is C16H24Cl2NSiTi. The van der Waals surface area contributed by atoms with Crippen molar-refractivity contribution in [2.24, 2.45) is 0 Å². The Morgan fingerprint density at radius 1 is 1.10 bits per heavy atom. The van der Waals surface area contributed by atoms with Crippen LogP contribution in [0.15, 0.2) is 52.4 Å².